The van der Waals surface area contributed by atoms with Crippen LogP contribution in [-0.4, -0.2) is 17.6 Å². The first-order valence-electron chi connectivity index (χ1n) is 7.79. The number of hydrogen-bond donors (Lipinski definition) is 2. The monoisotopic (exact) mass is 337 g/mol. The fourth-order valence-electron chi connectivity index (χ4n) is 2.56. The Labute approximate surface area is 145 Å². The van der Waals surface area contributed by atoms with E-state index in [1.165, 1.54) is 5.56 Å². The van der Waals surface area contributed by atoms with Crippen molar-refractivity contribution in [1.29, 1.82) is 0 Å². The van der Waals surface area contributed by atoms with Gasteiger partial charge < -0.3 is 10.4 Å². The average molecular weight is 337 g/mol. The third-order valence-electron chi connectivity index (χ3n) is 4.00. The van der Waals surface area contributed by atoms with E-state index in [4.69, 9.17) is 0 Å². The zero-order valence-corrected chi connectivity index (χ0v) is 14.2. The molecule has 0 spiro atoms. The summed E-state index contributed by atoms with van der Waals surface area (Å²) in [6.07, 6.45) is -0.727. The summed E-state index contributed by atoms with van der Waals surface area (Å²) in [6, 6.07) is 17.3. The second kappa shape index (κ2) is 7.43. The maximum atomic E-state index is 12.2. The normalized spacial score (nSPS) is 11.9. The molecule has 3 rings (SSSR count). The molecule has 1 heterocycles. The topological polar surface area (TPSA) is 49.3 Å². The molecule has 0 saturated carbocycles. The number of carbonyl (C=O) groups is 1. The minimum Gasteiger partial charge on any atom is -0.387 e. The SMILES string of the molecule is Cc1ccccc1C(=O)NC[C@@H](O)c1ccc(-c2ccsc2)cc1. The first-order chi connectivity index (χ1) is 11.6. The number of aryl methyl sites for hydroxylation is 1. The number of benzene rings is 2. The summed E-state index contributed by atoms with van der Waals surface area (Å²) in [6.45, 7) is 2.08. The van der Waals surface area contributed by atoms with Crippen molar-refractivity contribution in [2.45, 2.75) is 13.0 Å². The summed E-state index contributed by atoms with van der Waals surface area (Å²) in [5, 5.41) is 17.2. The molecule has 4 heteroatoms. The number of nitrogens with one attached hydrogen (secondary N) is 1. The van der Waals surface area contributed by atoms with Crippen LogP contribution in [0.5, 0.6) is 0 Å². The lowest BCUT2D eigenvalue weighted by Gasteiger charge is -2.13. The lowest BCUT2D eigenvalue weighted by atomic mass is 10.0. The Morgan fingerprint density at radius 1 is 1.08 bits per heavy atom. The number of aliphatic hydroxyl groups excluding tert-OH is 1. The van der Waals surface area contributed by atoms with Crippen LogP contribution in [-0.2, 0) is 0 Å². The van der Waals surface area contributed by atoms with Gasteiger partial charge in [0.05, 0.1) is 6.10 Å². The highest BCUT2D eigenvalue weighted by atomic mass is 32.1. The van der Waals surface area contributed by atoms with Gasteiger partial charge in [-0.2, -0.15) is 11.3 Å². The maximum Gasteiger partial charge on any atom is 0.251 e. The van der Waals surface area contributed by atoms with Crippen LogP contribution in [0.1, 0.15) is 27.6 Å². The van der Waals surface area contributed by atoms with Gasteiger partial charge in [-0.05, 0) is 52.1 Å². The molecule has 122 valence electrons. The van der Waals surface area contributed by atoms with E-state index in [0.29, 0.717) is 5.56 Å². The van der Waals surface area contributed by atoms with Crippen LogP contribution in [0.3, 0.4) is 0 Å². The van der Waals surface area contributed by atoms with Gasteiger partial charge in [0, 0.05) is 12.1 Å². The van der Waals surface area contributed by atoms with Gasteiger partial charge in [0.1, 0.15) is 0 Å². The van der Waals surface area contributed by atoms with E-state index in [1.807, 2.05) is 54.8 Å². The minimum atomic E-state index is -0.727. The smallest absolute Gasteiger partial charge is 0.251 e. The molecule has 0 aliphatic carbocycles. The Bertz CT molecular complexity index is 810. The van der Waals surface area contributed by atoms with Crippen molar-refractivity contribution in [1.82, 2.24) is 5.32 Å². The van der Waals surface area contributed by atoms with Gasteiger partial charge in [0.25, 0.3) is 5.91 Å². The molecule has 0 saturated heterocycles. The predicted molar refractivity (Wildman–Crippen MR) is 98.2 cm³/mol. The minimum absolute atomic E-state index is 0.165. The molecule has 0 unspecified atom stereocenters. The van der Waals surface area contributed by atoms with Gasteiger partial charge in [-0.3, -0.25) is 4.79 Å². The predicted octanol–water partition coefficient (Wildman–Crippen LogP) is 4.19. The van der Waals surface area contributed by atoms with Crippen LogP contribution >= 0.6 is 11.3 Å². The Morgan fingerprint density at radius 2 is 1.83 bits per heavy atom. The van der Waals surface area contributed by atoms with Crippen LogP contribution < -0.4 is 5.32 Å². The lowest BCUT2D eigenvalue weighted by molar-refractivity contribution is 0.0915. The summed E-state index contributed by atoms with van der Waals surface area (Å²) in [4.78, 5) is 12.2. The fourth-order valence-corrected chi connectivity index (χ4v) is 3.22. The van der Waals surface area contributed by atoms with Crippen LogP contribution in [0, 0.1) is 6.92 Å². The Balaban J connectivity index is 1.62. The number of rotatable bonds is 5. The number of thiophene rings is 1. The van der Waals surface area contributed by atoms with E-state index >= 15 is 0 Å². The van der Waals surface area contributed by atoms with Crippen LogP contribution in [0.25, 0.3) is 11.1 Å². The van der Waals surface area contributed by atoms with Crippen LogP contribution in [0.2, 0.25) is 0 Å². The van der Waals surface area contributed by atoms with E-state index in [1.54, 1.807) is 17.4 Å². The second-order valence-electron chi connectivity index (χ2n) is 5.67. The van der Waals surface area contributed by atoms with Gasteiger partial charge in [0.2, 0.25) is 0 Å². The molecule has 24 heavy (non-hydrogen) atoms. The van der Waals surface area contributed by atoms with E-state index in [-0.39, 0.29) is 12.5 Å². The summed E-state index contributed by atoms with van der Waals surface area (Å²) in [5.41, 5.74) is 4.64. The molecule has 1 aromatic heterocycles. The summed E-state index contributed by atoms with van der Waals surface area (Å²) < 4.78 is 0. The number of aliphatic hydroxyl groups is 1. The summed E-state index contributed by atoms with van der Waals surface area (Å²) >= 11 is 1.66. The number of hydrogen-bond acceptors (Lipinski definition) is 3. The third-order valence-corrected chi connectivity index (χ3v) is 4.68. The van der Waals surface area contributed by atoms with Gasteiger partial charge in [0.15, 0.2) is 0 Å². The van der Waals surface area contributed by atoms with Gasteiger partial charge in [-0.1, -0.05) is 42.5 Å². The second-order valence-corrected chi connectivity index (χ2v) is 6.45. The largest absolute Gasteiger partial charge is 0.387 e. The Morgan fingerprint density at radius 3 is 2.50 bits per heavy atom. The molecule has 0 bridgehead atoms. The highest BCUT2D eigenvalue weighted by Crippen LogP contribution is 2.24. The Kier molecular flexibility index (Phi) is 5.08. The first-order valence-corrected chi connectivity index (χ1v) is 8.74. The molecule has 0 radical (unpaired) electrons. The molecule has 0 aliphatic heterocycles. The molecule has 0 fully saturated rings. The molecule has 1 amide bonds. The molecule has 3 aromatic rings. The maximum absolute atomic E-state index is 12.2. The molecule has 0 aliphatic rings. The highest BCUT2D eigenvalue weighted by molar-refractivity contribution is 7.08. The van der Waals surface area contributed by atoms with Crippen molar-refractivity contribution in [2.24, 2.45) is 0 Å². The van der Waals surface area contributed by atoms with Crippen molar-refractivity contribution in [2.75, 3.05) is 6.54 Å². The van der Waals surface area contributed by atoms with Gasteiger partial charge in [-0.15, -0.1) is 0 Å². The number of carbonyl (C=O) groups excluding carboxylic acids is 1. The highest BCUT2D eigenvalue weighted by Gasteiger charge is 2.12. The van der Waals surface area contributed by atoms with Gasteiger partial charge in [-0.25, -0.2) is 0 Å². The lowest BCUT2D eigenvalue weighted by Crippen LogP contribution is -2.28. The van der Waals surface area contributed by atoms with E-state index in [9.17, 15) is 9.90 Å². The van der Waals surface area contributed by atoms with Gasteiger partial charge >= 0.3 is 0 Å². The molecular weight excluding hydrogens is 318 g/mol. The third kappa shape index (κ3) is 3.72. The zero-order chi connectivity index (χ0) is 16.9. The van der Waals surface area contributed by atoms with Crippen molar-refractivity contribution in [3.63, 3.8) is 0 Å². The summed E-state index contributed by atoms with van der Waals surface area (Å²) in [7, 11) is 0. The Hall–Kier alpha value is -2.43. The molecule has 3 nitrogen and oxygen atoms in total. The number of amides is 1. The van der Waals surface area contributed by atoms with E-state index in [0.717, 1.165) is 16.7 Å². The van der Waals surface area contributed by atoms with Crippen molar-refractivity contribution in [3.05, 3.63) is 82.0 Å². The van der Waals surface area contributed by atoms with Crippen molar-refractivity contribution >= 4 is 17.2 Å². The molecule has 1 atom stereocenters. The average Bonchev–Trinajstić information content (AvgIpc) is 3.14. The molecular formula is C20H19NO2S. The van der Waals surface area contributed by atoms with Crippen molar-refractivity contribution < 1.29 is 9.90 Å². The van der Waals surface area contributed by atoms with E-state index < -0.39 is 6.10 Å². The molecule has 2 aromatic carbocycles. The zero-order valence-electron chi connectivity index (χ0n) is 13.4. The standard InChI is InChI=1S/C20H19NO2S/c1-14-4-2-3-5-18(14)20(23)21-12-19(22)16-8-6-15(7-9-16)17-10-11-24-13-17/h2-11,13,19,22H,12H2,1H3,(H,21,23)/t19-/m1/s1. The quantitative estimate of drug-likeness (QED) is 0.733. The van der Waals surface area contributed by atoms with E-state index in [2.05, 4.69) is 16.8 Å². The summed E-state index contributed by atoms with van der Waals surface area (Å²) in [5.74, 6) is -0.165. The van der Waals surface area contributed by atoms with Crippen LogP contribution in [0.15, 0.2) is 65.4 Å². The fraction of sp³-hybridized carbons (Fsp3) is 0.150. The van der Waals surface area contributed by atoms with Crippen LogP contribution in [0.4, 0.5) is 0 Å². The van der Waals surface area contributed by atoms with Crippen molar-refractivity contribution in [3.8, 4) is 11.1 Å². The first kappa shape index (κ1) is 16.4. The molecule has 2 N–H and O–H groups in total.